The zero-order chi connectivity index (χ0) is 37.1. The van der Waals surface area contributed by atoms with Crippen LogP contribution >= 0.6 is 15.6 Å². The van der Waals surface area contributed by atoms with Gasteiger partial charge in [-0.2, -0.15) is 0 Å². The average molecular weight is 749 g/mol. The number of unbranched alkanes of at least 4 members (excludes halogenated alkanes) is 22. The molecule has 0 aliphatic rings. The Morgan fingerprint density at radius 2 is 0.776 bits per heavy atom. The van der Waals surface area contributed by atoms with Crippen molar-refractivity contribution in [3.63, 3.8) is 0 Å². The van der Waals surface area contributed by atoms with Gasteiger partial charge in [0.15, 0.2) is 0 Å². The molecule has 2 atom stereocenters. The van der Waals surface area contributed by atoms with Crippen LogP contribution in [-0.2, 0) is 27.2 Å². The monoisotopic (exact) mass is 749 g/mol. The lowest BCUT2D eigenvalue weighted by Crippen LogP contribution is -2.37. The Hall–Kier alpha value is 0.1000. The minimum absolute atomic E-state index is 0.0759. The number of hydrogen-bond donors (Lipinski definition) is 4. The van der Waals surface area contributed by atoms with Gasteiger partial charge < -0.3 is 24.5 Å². The predicted molar refractivity (Wildman–Crippen MR) is 202 cm³/mol. The van der Waals surface area contributed by atoms with E-state index in [4.69, 9.17) is 24.2 Å². The van der Waals surface area contributed by atoms with Crippen molar-refractivity contribution < 1.29 is 51.7 Å². The van der Waals surface area contributed by atoms with Crippen LogP contribution in [-0.4, -0.2) is 91.3 Å². The van der Waals surface area contributed by atoms with Crippen LogP contribution in [0.1, 0.15) is 168 Å². The average Bonchev–Trinajstić information content (AvgIpc) is 3.04. The topological polar surface area (TPSA) is 152 Å². The third-order valence-corrected chi connectivity index (χ3v) is 10.2. The van der Waals surface area contributed by atoms with E-state index in [2.05, 4.69) is 22.9 Å². The summed E-state index contributed by atoms with van der Waals surface area (Å²) in [5.74, 6) is 0. The van der Waals surface area contributed by atoms with Crippen molar-refractivity contribution in [2.75, 3.05) is 60.7 Å². The van der Waals surface area contributed by atoms with Crippen LogP contribution in [0.4, 0.5) is 0 Å². The second-order valence-corrected chi connectivity index (χ2v) is 17.3. The summed E-state index contributed by atoms with van der Waals surface area (Å²) in [6.45, 7) is 4.83. The fraction of sp³-hybridized carbons (Fsp3) is 1.00. The second-order valence-electron chi connectivity index (χ2n) is 14.4. The molecule has 0 aromatic carbocycles. The first-order valence-electron chi connectivity index (χ1n) is 19.6. The number of aliphatic hydroxyl groups is 2. The van der Waals surface area contributed by atoms with Gasteiger partial charge in [0.05, 0.1) is 47.6 Å². The van der Waals surface area contributed by atoms with Crippen molar-refractivity contribution in [2.45, 2.75) is 174 Å². The molecular formula is C36H80NO10P2+. The van der Waals surface area contributed by atoms with E-state index in [1.54, 1.807) is 0 Å². The lowest BCUT2D eigenvalue weighted by atomic mass is 10.1. The van der Waals surface area contributed by atoms with E-state index in [0.29, 0.717) is 24.2 Å². The molecule has 0 aliphatic heterocycles. The number of quaternary nitrogens is 1. The van der Waals surface area contributed by atoms with Crippen molar-refractivity contribution in [1.82, 2.24) is 0 Å². The van der Waals surface area contributed by atoms with Crippen molar-refractivity contribution in [3.8, 4) is 0 Å². The first kappa shape index (κ1) is 51.2. The summed E-state index contributed by atoms with van der Waals surface area (Å²) >= 11 is 0. The molecule has 0 rings (SSSR count). The predicted octanol–water partition coefficient (Wildman–Crippen LogP) is 9.70. The van der Waals surface area contributed by atoms with Crippen LogP contribution in [0.5, 0.6) is 0 Å². The molecular weight excluding hydrogens is 668 g/mol. The molecule has 0 amide bonds. The molecule has 2 unspecified atom stereocenters. The van der Waals surface area contributed by atoms with Crippen LogP contribution in [0.15, 0.2) is 0 Å². The van der Waals surface area contributed by atoms with Gasteiger partial charge >= 0.3 is 15.6 Å². The summed E-state index contributed by atoms with van der Waals surface area (Å²) in [4.78, 5) is 18.9. The smallest absolute Gasteiger partial charge is 0.394 e. The lowest BCUT2D eigenvalue weighted by molar-refractivity contribution is -0.870. The molecule has 13 heteroatoms. The molecule has 0 heterocycles. The Morgan fingerprint density at radius 1 is 0.490 bits per heavy atom. The van der Waals surface area contributed by atoms with Gasteiger partial charge in [0.2, 0.25) is 0 Å². The second kappa shape index (κ2) is 35.1. The molecule has 0 spiro atoms. The van der Waals surface area contributed by atoms with Crippen LogP contribution in [0, 0.1) is 0 Å². The zero-order valence-electron chi connectivity index (χ0n) is 32.4. The molecule has 4 N–H and O–H groups in total. The normalized spacial score (nSPS) is 14.0. The molecule has 0 aliphatic carbocycles. The van der Waals surface area contributed by atoms with Gasteiger partial charge in [-0.1, -0.05) is 155 Å². The summed E-state index contributed by atoms with van der Waals surface area (Å²) < 4.78 is 43.1. The SMILES string of the molecule is CCCCCCCCCCCCCCOP(=O)(O)OCCCCCCCCCCCCCC.C[N+](C)(C)CCOP(=O)(O)OCC(O)CO. The summed E-state index contributed by atoms with van der Waals surface area (Å²) in [5, 5.41) is 17.4. The van der Waals surface area contributed by atoms with Gasteiger partial charge in [0.1, 0.15) is 19.3 Å². The standard InChI is InChI=1S/C28H59O4P.C8H20NO6P/c1-3-5-7-9-11-13-15-17-19-21-23-25-27-31-33(29,30)32-28-26-24-22-20-18-16-14-12-10-8-6-4-2;1-9(2,3)4-5-14-16(12,13)15-7-8(11)6-10/h3-28H2,1-2H3,(H,29,30);8,10-11H,4-7H2,1-3H3/p+1. The Labute approximate surface area is 301 Å². The molecule has 0 fully saturated rings. The van der Waals surface area contributed by atoms with E-state index in [0.717, 1.165) is 25.7 Å². The molecule has 0 aromatic rings. The first-order valence-corrected chi connectivity index (χ1v) is 22.6. The van der Waals surface area contributed by atoms with E-state index in [9.17, 15) is 14.0 Å². The van der Waals surface area contributed by atoms with Crippen LogP contribution in [0.3, 0.4) is 0 Å². The first-order chi connectivity index (χ1) is 23.3. The number of aliphatic hydroxyl groups excluding tert-OH is 2. The van der Waals surface area contributed by atoms with Crippen LogP contribution in [0.2, 0.25) is 0 Å². The molecule has 49 heavy (non-hydrogen) atoms. The lowest BCUT2D eigenvalue weighted by Gasteiger charge is -2.24. The Morgan fingerprint density at radius 3 is 1.08 bits per heavy atom. The fourth-order valence-electron chi connectivity index (χ4n) is 4.98. The molecule has 0 saturated heterocycles. The summed E-state index contributed by atoms with van der Waals surface area (Å²) in [5.41, 5.74) is 0. The molecule has 0 aromatic heterocycles. The van der Waals surface area contributed by atoms with Crippen molar-refractivity contribution in [2.24, 2.45) is 0 Å². The maximum atomic E-state index is 11.9. The van der Waals surface area contributed by atoms with Gasteiger partial charge in [0, 0.05) is 0 Å². The minimum atomic E-state index is -4.13. The Balaban J connectivity index is 0. The highest BCUT2D eigenvalue weighted by atomic mass is 31.2. The van der Waals surface area contributed by atoms with E-state index >= 15 is 0 Å². The number of hydrogen-bond acceptors (Lipinski definition) is 8. The molecule has 11 nitrogen and oxygen atoms in total. The van der Waals surface area contributed by atoms with Crippen LogP contribution < -0.4 is 0 Å². The van der Waals surface area contributed by atoms with Gasteiger partial charge in [-0.05, 0) is 12.8 Å². The number of rotatable bonds is 36. The van der Waals surface area contributed by atoms with E-state index in [1.807, 2.05) is 21.1 Å². The maximum Gasteiger partial charge on any atom is 0.472 e. The number of likely N-dealkylation sites (N-methyl/N-ethyl adjacent to an activating group) is 1. The summed E-state index contributed by atoms with van der Waals surface area (Å²) in [6, 6.07) is 0. The fourth-order valence-corrected chi connectivity index (χ4v) is 6.52. The number of phosphoric ester groups is 2. The van der Waals surface area contributed by atoms with E-state index in [-0.39, 0.29) is 6.61 Å². The van der Waals surface area contributed by atoms with Crippen LogP contribution in [0.25, 0.3) is 0 Å². The zero-order valence-corrected chi connectivity index (χ0v) is 34.2. The maximum absolute atomic E-state index is 11.9. The number of nitrogens with zero attached hydrogens (tertiary/aromatic N) is 1. The van der Waals surface area contributed by atoms with E-state index < -0.39 is 35.0 Å². The molecule has 0 saturated carbocycles. The molecule has 298 valence electrons. The highest BCUT2D eigenvalue weighted by molar-refractivity contribution is 7.47. The van der Waals surface area contributed by atoms with Gasteiger partial charge in [0.25, 0.3) is 0 Å². The largest absolute Gasteiger partial charge is 0.472 e. The minimum Gasteiger partial charge on any atom is -0.394 e. The Kier molecular flexibility index (Phi) is 36.7. The van der Waals surface area contributed by atoms with Gasteiger partial charge in [-0.15, -0.1) is 0 Å². The highest BCUT2D eigenvalue weighted by Gasteiger charge is 2.24. The van der Waals surface area contributed by atoms with Crippen molar-refractivity contribution in [3.05, 3.63) is 0 Å². The van der Waals surface area contributed by atoms with E-state index in [1.165, 1.54) is 128 Å². The third kappa shape index (κ3) is 44.2. The van der Waals surface area contributed by atoms with Crippen molar-refractivity contribution >= 4 is 15.6 Å². The summed E-state index contributed by atoms with van der Waals surface area (Å²) in [6.07, 6.45) is 29.4. The quantitative estimate of drug-likeness (QED) is 0.0277. The molecule has 0 bridgehead atoms. The Bertz CT molecular complexity index is 751. The highest BCUT2D eigenvalue weighted by Crippen LogP contribution is 2.44. The number of phosphoric acid groups is 2. The summed E-state index contributed by atoms with van der Waals surface area (Å²) in [7, 11) is -2.23. The van der Waals surface area contributed by atoms with Gasteiger partial charge in [-0.25, -0.2) is 9.13 Å². The van der Waals surface area contributed by atoms with Gasteiger partial charge in [-0.3, -0.25) is 18.1 Å². The van der Waals surface area contributed by atoms with Crippen molar-refractivity contribution in [1.29, 1.82) is 0 Å². The molecule has 0 radical (unpaired) electrons. The third-order valence-electron chi connectivity index (χ3n) is 8.16.